The van der Waals surface area contributed by atoms with Crippen molar-refractivity contribution >= 4 is 28.5 Å². The Balaban J connectivity index is 2.01. The predicted octanol–water partition coefficient (Wildman–Crippen LogP) is 4.10. The number of benzene rings is 2. The normalized spacial score (nSPS) is 11.8. The fraction of sp³-hybridized carbons (Fsp3) is 0.238. The Labute approximate surface area is 157 Å². The van der Waals surface area contributed by atoms with Crippen molar-refractivity contribution in [3.63, 3.8) is 0 Å². The van der Waals surface area contributed by atoms with Crippen molar-refractivity contribution in [3.8, 4) is 5.75 Å². The van der Waals surface area contributed by atoms with Crippen LogP contribution in [-0.2, 0) is 9.53 Å². The van der Waals surface area contributed by atoms with Crippen LogP contribution in [0.15, 0.2) is 48.5 Å². The number of esters is 1. The Hall–Kier alpha value is -3.28. The molecule has 1 amide bonds. The largest absolute Gasteiger partial charge is 0.497 e. The van der Waals surface area contributed by atoms with E-state index in [1.807, 2.05) is 37.3 Å². The molecule has 1 atom stereocenters. The lowest BCUT2D eigenvalue weighted by Gasteiger charge is -2.16. The summed E-state index contributed by atoms with van der Waals surface area (Å²) in [7, 11) is 2.87. The molecule has 0 aliphatic rings. The molecule has 3 rings (SSSR count). The Morgan fingerprint density at radius 1 is 1.11 bits per heavy atom. The van der Waals surface area contributed by atoms with Crippen LogP contribution in [0.5, 0.6) is 5.75 Å². The zero-order valence-corrected chi connectivity index (χ0v) is 15.5. The summed E-state index contributed by atoms with van der Waals surface area (Å²) in [6, 6.07) is 14.9. The van der Waals surface area contributed by atoms with Gasteiger partial charge in [-0.15, -0.1) is 0 Å². The van der Waals surface area contributed by atoms with Crippen LogP contribution in [0, 0.1) is 0 Å². The molecular formula is C21H22N2O4. The van der Waals surface area contributed by atoms with E-state index in [2.05, 4.69) is 10.3 Å². The van der Waals surface area contributed by atoms with E-state index < -0.39 is 5.97 Å². The highest BCUT2D eigenvalue weighted by molar-refractivity contribution is 6.12. The van der Waals surface area contributed by atoms with E-state index >= 15 is 0 Å². The minimum atomic E-state index is -0.548. The van der Waals surface area contributed by atoms with E-state index in [4.69, 9.17) is 9.47 Å². The zero-order chi connectivity index (χ0) is 19.4. The number of rotatable bonds is 6. The molecule has 0 aliphatic heterocycles. The van der Waals surface area contributed by atoms with Crippen LogP contribution in [-0.4, -0.2) is 31.1 Å². The van der Waals surface area contributed by atoms with Crippen molar-refractivity contribution in [1.29, 1.82) is 0 Å². The third-order valence-electron chi connectivity index (χ3n) is 4.57. The SMILES string of the molecule is CCC(C(=O)Nc1c(C(=O)OC)[nH]c2cc(OC)ccc12)c1ccccc1. The van der Waals surface area contributed by atoms with E-state index in [1.165, 1.54) is 7.11 Å². The summed E-state index contributed by atoms with van der Waals surface area (Å²) in [5.41, 5.74) is 2.23. The van der Waals surface area contributed by atoms with Gasteiger partial charge in [0, 0.05) is 11.5 Å². The number of carbonyl (C=O) groups excluding carboxylic acids is 2. The standard InChI is InChI=1S/C21H22N2O4/c1-4-15(13-8-6-5-7-9-13)20(24)23-18-16-11-10-14(26-2)12-17(16)22-19(18)21(25)27-3/h5-12,15,22H,4H2,1-3H3,(H,23,24). The topological polar surface area (TPSA) is 80.4 Å². The molecule has 0 fully saturated rings. The Morgan fingerprint density at radius 3 is 2.48 bits per heavy atom. The second kappa shape index (κ2) is 7.95. The molecule has 6 nitrogen and oxygen atoms in total. The maximum Gasteiger partial charge on any atom is 0.356 e. The third kappa shape index (κ3) is 3.65. The highest BCUT2D eigenvalue weighted by atomic mass is 16.5. The van der Waals surface area contributed by atoms with Gasteiger partial charge >= 0.3 is 5.97 Å². The maximum atomic E-state index is 13.0. The summed E-state index contributed by atoms with van der Waals surface area (Å²) in [6.45, 7) is 1.96. The first-order valence-corrected chi connectivity index (χ1v) is 8.72. The minimum Gasteiger partial charge on any atom is -0.497 e. The summed E-state index contributed by atoms with van der Waals surface area (Å²) < 4.78 is 10.1. The van der Waals surface area contributed by atoms with Gasteiger partial charge in [0.2, 0.25) is 5.91 Å². The van der Waals surface area contributed by atoms with Crippen LogP contribution in [0.4, 0.5) is 5.69 Å². The molecule has 0 spiro atoms. The number of methoxy groups -OCH3 is 2. The van der Waals surface area contributed by atoms with Gasteiger partial charge in [0.15, 0.2) is 0 Å². The van der Waals surface area contributed by atoms with Crippen LogP contribution in [0.3, 0.4) is 0 Å². The molecule has 6 heteroatoms. The molecule has 0 bridgehead atoms. The Kier molecular flexibility index (Phi) is 5.45. The first-order chi connectivity index (χ1) is 13.1. The number of anilines is 1. The van der Waals surface area contributed by atoms with Crippen LogP contribution in [0.25, 0.3) is 10.9 Å². The number of hydrogen-bond acceptors (Lipinski definition) is 4. The first-order valence-electron chi connectivity index (χ1n) is 8.72. The van der Waals surface area contributed by atoms with Gasteiger partial charge < -0.3 is 19.8 Å². The molecule has 0 aliphatic carbocycles. The van der Waals surface area contributed by atoms with Crippen molar-refractivity contribution in [3.05, 3.63) is 59.8 Å². The smallest absolute Gasteiger partial charge is 0.356 e. The summed E-state index contributed by atoms with van der Waals surface area (Å²) in [5, 5.41) is 3.64. The van der Waals surface area contributed by atoms with Crippen LogP contribution in [0.1, 0.15) is 35.3 Å². The molecule has 1 aromatic heterocycles. The number of aromatic nitrogens is 1. The molecule has 2 aromatic carbocycles. The second-order valence-electron chi connectivity index (χ2n) is 6.14. The van der Waals surface area contributed by atoms with Gasteiger partial charge in [-0.3, -0.25) is 4.79 Å². The van der Waals surface area contributed by atoms with Gasteiger partial charge in [0.1, 0.15) is 11.4 Å². The van der Waals surface area contributed by atoms with E-state index in [0.717, 1.165) is 5.56 Å². The zero-order valence-electron chi connectivity index (χ0n) is 15.5. The van der Waals surface area contributed by atoms with E-state index in [0.29, 0.717) is 28.8 Å². The summed E-state index contributed by atoms with van der Waals surface area (Å²) in [4.78, 5) is 28.2. The highest BCUT2D eigenvalue weighted by Gasteiger charge is 2.24. The van der Waals surface area contributed by atoms with E-state index in [9.17, 15) is 9.59 Å². The molecule has 0 saturated heterocycles. The molecule has 140 valence electrons. The molecule has 3 aromatic rings. The molecule has 1 unspecified atom stereocenters. The number of ether oxygens (including phenoxy) is 2. The molecule has 0 saturated carbocycles. The van der Waals surface area contributed by atoms with Crippen molar-refractivity contribution in [2.24, 2.45) is 0 Å². The van der Waals surface area contributed by atoms with Gasteiger partial charge in [-0.25, -0.2) is 4.79 Å². The van der Waals surface area contributed by atoms with Gasteiger partial charge in [-0.2, -0.15) is 0 Å². The number of fused-ring (bicyclic) bond motifs is 1. The lowest BCUT2D eigenvalue weighted by Crippen LogP contribution is -2.22. The number of aromatic amines is 1. The molecular weight excluding hydrogens is 344 g/mol. The van der Waals surface area contributed by atoms with Crippen LogP contribution in [0.2, 0.25) is 0 Å². The predicted molar refractivity (Wildman–Crippen MR) is 104 cm³/mol. The molecule has 2 N–H and O–H groups in total. The fourth-order valence-corrected chi connectivity index (χ4v) is 3.16. The lowest BCUT2D eigenvalue weighted by atomic mass is 9.95. The van der Waals surface area contributed by atoms with E-state index in [-0.39, 0.29) is 17.5 Å². The average molecular weight is 366 g/mol. The van der Waals surface area contributed by atoms with Crippen molar-refractivity contribution in [2.45, 2.75) is 19.3 Å². The van der Waals surface area contributed by atoms with Crippen LogP contribution < -0.4 is 10.1 Å². The first kappa shape index (κ1) is 18.5. The number of hydrogen-bond donors (Lipinski definition) is 2. The van der Waals surface area contributed by atoms with Gasteiger partial charge in [0.05, 0.1) is 31.3 Å². The number of H-pyrrole nitrogens is 1. The quantitative estimate of drug-likeness (QED) is 0.644. The van der Waals surface area contributed by atoms with Gasteiger partial charge in [-0.05, 0) is 24.1 Å². The van der Waals surface area contributed by atoms with Gasteiger partial charge in [0.25, 0.3) is 0 Å². The summed E-state index contributed by atoms with van der Waals surface area (Å²) >= 11 is 0. The van der Waals surface area contributed by atoms with Crippen molar-refractivity contribution in [2.75, 3.05) is 19.5 Å². The average Bonchev–Trinajstić information content (AvgIpc) is 3.06. The molecule has 1 heterocycles. The highest BCUT2D eigenvalue weighted by Crippen LogP contribution is 2.32. The minimum absolute atomic E-state index is 0.175. The fourth-order valence-electron chi connectivity index (χ4n) is 3.16. The Bertz CT molecular complexity index is 963. The third-order valence-corrected chi connectivity index (χ3v) is 4.57. The van der Waals surface area contributed by atoms with Crippen molar-refractivity contribution < 1.29 is 19.1 Å². The molecule has 27 heavy (non-hydrogen) atoms. The Morgan fingerprint density at radius 2 is 1.85 bits per heavy atom. The molecule has 0 radical (unpaired) electrons. The van der Waals surface area contributed by atoms with Crippen molar-refractivity contribution in [1.82, 2.24) is 4.98 Å². The number of nitrogens with one attached hydrogen (secondary N) is 2. The van der Waals surface area contributed by atoms with Crippen LogP contribution >= 0.6 is 0 Å². The summed E-state index contributed by atoms with van der Waals surface area (Å²) in [5.74, 6) is -0.396. The maximum absolute atomic E-state index is 13.0. The van der Waals surface area contributed by atoms with Gasteiger partial charge in [-0.1, -0.05) is 37.3 Å². The van der Waals surface area contributed by atoms with E-state index in [1.54, 1.807) is 25.3 Å². The second-order valence-corrected chi connectivity index (χ2v) is 6.14. The number of amides is 1. The lowest BCUT2D eigenvalue weighted by molar-refractivity contribution is -0.117. The summed E-state index contributed by atoms with van der Waals surface area (Å²) in [6.07, 6.45) is 0.638. The monoisotopic (exact) mass is 366 g/mol. The number of carbonyl (C=O) groups is 2.